The van der Waals surface area contributed by atoms with Crippen molar-refractivity contribution in [1.82, 2.24) is 25.5 Å². The molecule has 7 nitrogen and oxygen atoms in total. The Balaban J connectivity index is 1.59. The van der Waals surface area contributed by atoms with Gasteiger partial charge in [0.15, 0.2) is 0 Å². The van der Waals surface area contributed by atoms with Crippen molar-refractivity contribution in [3.63, 3.8) is 0 Å². The van der Waals surface area contributed by atoms with Gasteiger partial charge in [0.25, 0.3) is 0 Å². The van der Waals surface area contributed by atoms with Crippen molar-refractivity contribution in [3.8, 4) is 17.0 Å². The van der Waals surface area contributed by atoms with E-state index in [2.05, 4.69) is 44.8 Å². The monoisotopic (exact) mass is 443 g/mol. The van der Waals surface area contributed by atoms with Crippen molar-refractivity contribution < 1.29 is 9.47 Å². The number of pyridine rings is 2. The molecule has 4 aromatic rings. The van der Waals surface area contributed by atoms with E-state index in [1.54, 1.807) is 0 Å². The summed E-state index contributed by atoms with van der Waals surface area (Å²) in [6.45, 7) is 3.57. The lowest BCUT2D eigenvalue weighted by Crippen LogP contribution is -2.45. The van der Waals surface area contributed by atoms with Crippen molar-refractivity contribution >= 4 is 21.7 Å². The third-order valence-corrected chi connectivity index (χ3v) is 7.13. The number of nitrogens with zero attached hydrogens (tertiary/aromatic N) is 3. The lowest BCUT2D eigenvalue weighted by Gasteiger charge is -2.35. The number of H-pyrrole nitrogens is 1. The molecule has 1 saturated carbocycles. The van der Waals surface area contributed by atoms with Gasteiger partial charge < -0.3 is 14.8 Å². The van der Waals surface area contributed by atoms with Crippen LogP contribution in [0.5, 0.6) is 5.88 Å². The molecule has 0 radical (unpaired) electrons. The maximum atomic E-state index is 6.54. The standard InChI is InChI=1S/C26H29N5O2/c1-15-9-17(3-6-28-15)24-21-10-18-14-29-31-23(18)13-22(21)26(33-20-11-19(12-20)27-2)30-25(24)16-4-7-32-8-5-16/h3,6,9-10,13-14,16,19-20,27H,4-5,7-8,11-12H2,1-2H3,(H,29,31)/t19-,20-. The molecule has 2 aliphatic rings. The number of hydrogen-bond acceptors (Lipinski definition) is 6. The van der Waals surface area contributed by atoms with E-state index in [0.717, 1.165) is 83.4 Å². The van der Waals surface area contributed by atoms with Gasteiger partial charge in [-0.3, -0.25) is 10.1 Å². The molecule has 170 valence electrons. The summed E-state index contributed by atoms with van der Waals surface area (Å²) in [6.07, 6.45) is 7.90. The van der Waals surface area contributed by atoms with Crippen LogP contribution in [0.25, 0.3) is 32.8 Å². The van der Waals surface area contributed by atoms with Crippen molar-refractivity contribution in [2.45, 2.75) is 50.7 Å². The van der Waals surface area contributed by atoms with Crippen molar-refractivity contribution in [3.05, 3.63) is 48.0 Å². The number of aryl methyl sites for hydroxylation is 1. The summed E-state index contributed by atoms with van der Waals surface area (Å²) in [5, 5.41) is 14.0. The van der Waals surface area contributed by atoms with Crippen LogP contribution >= 0.6 is 0 Å². The first-order valence-corrected chi connectivity index (χ1v) is 11.8. The summed E-state index contributed by atoms with van der Waals surface area (Å²) < 4.78 is 12.2. The SMILES string of the molecule is CN[C@H]1C[C@H](Oc2nc(C3CCOCC3)c(-c3ccnc(C)c3)c3cc4cn[nH]c4cc23)C1. The third-order valence-electron chi connectivity index (χ3n) is 7.13. The number of rotatable bonds is 5. The van der Waals surface area contributed by atoms with Crippen LogP contribution in [-0.2, 0) is 4.74 Å². The molecule has 1 saturated heterocycles. The van der Waals surface area contributed by atoms with Gasteiger partial charge in [-0.25, -0.2) is 4.98 Å². The summed E-state index contributed by atoms with van der Waals surface area (Å²) in [6, 6.07) is 9.14. The second-order valence-corrected chi connectivity index (χ2v) is 9.30. The predicted molar refractivity (Wildman–Crippen MR) is 129 cm³/mol. The van der Waals surface area contributed by atoms with Crippen LogP contribution in [0.1, 0.15) is 43.0 Å². The van der Waals surface area contributed by atoms with E-state index in [1.807, 2.05) is 26.4 Å². The van der Waals surface area contributed by atoms with E-state index >= 15 is 0 Å². The molecule has 6 rings (SSSR count). The smallest absolute Gasteiger partial charge is 0.221 e. The lowest BCUT2D eigenvalue weighted by atomic mass is 9.87. The molecule has 3 aromatic heterocycles. The molecule has 0 spiro atoms. The maximum absolute atomic E-state index is 6.54. The Labute approximate surface area is 192 Å². The summed E-state index contributed by atoms with van der Waals surface area (Å²) >= 11 is 0. The molecule has 1 aromatic carbocycles. The highest BCUT2D eigenvalue weighted by Gasteiger charge is 2.32. The van der Waals surface area contributed by atoms with Crippen LogP contribution < -0.4 is 10.1 Å². The first-order chi connectivity index (χ1) is 16.2. The van der Waals surface area contributed by atoms with Gasteiger partial charge in [0.05, 0.1) is 17.4 Å². The summed E-state index contributed by atoms with van der Waals surface area (Å²) in [7, 11) is 2.01. The Morgan fingerprint density at radius 2 is 1.97 bits per heavy atom. The Morgan fingerprint density at radius 1 is 1.12 bits per heavy atom. The number of aromatic nitrogens is 4. The van der Waals surface area contributed by atoms with Gasteiger partial charge in [0, 0.05) is 53.4 Å². The van der Waals surface area contributed by atoms with Crippen LogP contribution in [0.4, 0.5) is 0 Å². The van der Waals surface area contributed by atoms with E-state index in [4.69, 9.17) is 14.5 Å². The largest absolute Gasteiger partial charge is 0.474 e. The number of ether oxygens (including phenoxy) is 2. The first kappa shape index (κ1) is 20.6. The molecular weight excluding hydrogens is 414 g/mol. The summed E-state index contributed by atoms with van der Waals surface area (Å²) in [5.74, 6) is 1.07. The number of hydrogen-bond donors (Lipinski definition) is 2. The lowest BCUT2D eigenvalue weighted by molar-refractivity contribution is 0.0801. The van der Waals surface area contributed by atoms with Crippen molar-refractivity contribution in [1.29, 1.82) is 0 Å². The zero-order chi connectivity index (χ0) is 22.4. The summed E-state index contributed by atoms with van der Waals surface area (Å²) in [5.41, 5.74) is 5.43. The average molecular weight is 444 g/mol. The quantitative estimate of drug-likeness (QED) is 0.472. The second-order valence-electron chi connectivity index (χ2n) is 9.30. The number of nitrogens with one attached hydrogen (secondary N) is 2. The maximum Gasteiger partial charge on any atom is 0.221 e. The molecule has 4 heterocycles. The van der Waals surface area contributed by atoms with Gasteiger partial charge in [-0.05, 0) is 74.9 Å². The molecule has 2 fully saturated rings. The normalized spacial score (nSPS) is 21.4. The van der Waals surface area contributed by atoms with Crippen molar-refractivity contribution in [2.24, 2.45) is 0 Å². The minimum atomic E-state index is 0.187. The highest BCUT2D eigenvalue weighted by molar-refractivity contribution is 6.06. The van der Waals surface area contributed by atoms with E-state index in [0.29, 0.717) is 12.0 Å². The van der Waals surface area contributed by atoms with Gasteiger partial charge >= 0.3 is 0 Å². The molecule has 33 heavy (non-hydrogen) atoms. The number of benzene rings is 1. The highest BCUT2D eigenvalue weighted by Crippen LogP contribution is 2.43. The van der Waals surface area contributed by atoms with Gasteiger partial charge in [0.1, 0.15) is 6.10 Å². The molecule has 1 aliphatic heterocycles. The van der Waals surface area contributed by atoms with Crippen LogP contribution in [0.15, 0.2) is 36.7 Å². The van der Waals surface area contributed by atoms with Gasteiger partial charge in [0.2, 0.25) is 5.88 Å². The van der Waals surface area contributed by atoms with E-state index < -0.39 is 0 Å². The minimum Gasteiger partial charge on any atom is -0.474 e. The van der Waals surface area contributed by atoms with Gasteiger partial charge in [-0.1, -0.05) is 0 Å². The fourth-order valence-corrected chi connectivity index (χ4v) is 5.15. The Hall–Kier alpha value is -3.03. The topological polar surface area (TPSA) is 84.9 Å². The number of fused-ring (bicyclic) bond motifs is 2. The fourth-order valence-electron chi connectivity index (χ4n) is 5.15. The molecule has 7 heteroatoms. The third kappa shape index (κ3) is 3.75. The Morgan fingerprint density at radius 3 is 2.76 bits per heavy atom. The van der Waals surface area contributed by atoms with Crippen LogP contribution in [0, 0.1) is 6.92 Å². The molecule has 0 amide bonds. The van der Waals surface area contributed by atoms with Crippen molar-refractivity contribution in [2.75, 3.05) is 20.3 Å². The van der Waals surface area contributed by atoms with Crippen LogP contribution in [0.3, 0.4) is 0 Å². The minimum absolute atomic E-state index is 0.187. The molecule has 0 bridgehead atoms. The zero-order valence-electron chi connectivity index (χ0n) is 19.1. The van der Waals surface area contributed by atoms with Gasteiger partial charge in [-0.15, -0.1) is 0 Å². The molecular formula is C26H29N5O2. The molecule has 1 aliphatic carbocycles. The molecule has 0 atom stereocenters. The molecule has 2 N–H and O–H groups in total. The first-order valence-electron chi connectivity index (χ1n) is 11.8. The fraction of sp³-hybridized carbons (Fsp3) is 0.423. The van der Waals surface area contributed by atoms with E-state index in [1.165, 1.54) is 5.56 Å². The van der Waals surface area contributed by atoms with Crippen LogP contribution in [-0.4, -0.2) is 52.6 Å². The Bertz CT molecular complexity index is 1310. The summed E-state index contributed by atoms with van der Waals surface area (Å²) in [4.78, 5) is 9.68. The average Bonchev–Trinajstić information content (AvgIpc) is 3.27. The Kier molecular flexibility index (Phi) is 5.23. The van der Waals surface area contributed by atoms with E-state index in [9.17, 15) is 0 Å². The predicted octanol–water partition coefficient (Wildman–Crippen LogP) is 4.50. The second kappa shape index (κ2) is 8.39. The number of aromatic amines is 1. The highest BCUT2D eigenvalue weighted by atomic mass is 16.5. The van der Waals surface area contributed by atoms with E-state index in [-0.39, 0.29) is 6.10 Å². The zero-order valence-corrected chi connectivity index (χ0v) is 19.1. The van der Waals surface area contributed by atoms with Crippen LogP contribution in [0.2, 0.25) is 0 Å². The van der Waals surface area contributed by atoms with Gasteiger partial charge in [-0.2, -0.15) is 5.10 Å². The molecule has 0 unspecified atom stereocenters.